The van der Waals surface area contributed by atoms with E-state index in [9.17, 15) is 0 Å². The molecule has 0 radical (unpaired) electrons. The second-order valence-electron chi connectivity index (χ2n) is 6.23. The van der Waals surface area contributed by atoms with Gasteiger partial charge in [-0.3, -0.25) is 0 Å². The van der Waals surface area contributed by atoms with Crippen molar-refractivity contribution in [3.63, 3.8) is 0 Å². The first-order valence-electron chi connectivity index (χ1n) is 7.60. The highest BCUT2D eigenvalue weighted by Gasteiger charge is 2.29. The molecule has 21 heavy (non-hydrogen) atoms. The van der Waals surface area contributed by atoms with Gasteiger partial charge in [-0.1, -0.05) is 25.1 Å². The Bertz CT molecular complexity index is 681. The minimum absolute atomic E-state index is 0.568. The summed E-state index contributed by atoms with van der Waals surface area (Å²) in [6.45, 7) is 3.32. The van der Waals surface area contributed by atoms with E-state index >= 15 is 0 Å². The normalized spacial score (nSPS) is 21.2. The van der Waals surface area contributed by atoms with E-state index in [4.69, 9.17) is 4.98 Å². The molecule has 3 nitrogen and oxygen atoms in total. The lowest BCUT2D eigenvalue weighted by Gasteiger charge is -2.34. The van der Waals surface area contributed by atoms with Gasteiger partial charge in [0.1, 0.15) is 16.2 Å². The van der Waals surface area contributed by atoms with E-state index in [2.05, 4.69) is 57.0 Å². The van der Waals surface area contributed by atoms with Crippen molar-refractivity contribution >= 4 is 27.4 Å². The van der Waals surface area contributed by atoms with Crippen LogP contribution in [0.3, 0.4) is 0 Å². The van der Waals surface area contributed by atoms with E-state index in [1.165, 1.54) is 24.1 Å². The van der Waals surface area contributed by atoms with Gasteiger partial charge < -0.3 is 4.90 Å². The minimum Gasteiger partial charge on any atom is -0.326 e. The SMILES string of the molecule is CC1Cc2ccccc2N(c2cc(Br)nc(C3CC3)n2)C1. The number of hydrogen-bond donors (Lipinski definition) is 0. The minimum atomic E-state index is 0.568. The summed E-state index contributed by atoms with van der Waals surface area (Å²) in [5.41, 5.74) is 2.71. The van der Waals surface area contributed by atoms with Gasteiger partial charge in [-0.15, -0.1) is 0 Å². The van der Waals surface area contributed by atoms with Crippen molar-refractivity contribution in [3.8, 4) is 0 Å². The standard InChI is InChI=1S/C17H18BrN3/c1-11-8-13-4-2-3-5-14(13)21(10-11)16-9-15(18)19-17(20-16)12-6-7-12/h2-5,9,11-12H,6-8,10H2,1H3. The van der Waals surface area contributed by atoms with Crippen LogP contribution >= 0.6 is 15.9 Å². The highest BCUT2D eigenvalue weighted by Crippen LogP contribution is 2.40. The Labute approximate surface area is 133 Å². The quantitative estimate of drug-likeness (QED) is 0.754. The average Bonchev–Trinajstić information content (AvgIpc) is 3.30. The predicted molar refractivity (Wildman–Crippen MR) is 88.0 cm³/mol. The van der Waals surface area contributed by atoms with Crippen molar-refractivity contribution in [2.45, 2.75) is 32.1 Å². The Hall–Kier alpha value is -1.42. The molecule has 2 heterocycles. The molecular weight excluding hydrogens is 326 g/mol. The van der Waals surface area contributed by atoms with Crippen LogP contribution in [0.5, 0.6) is 0 Å². The van der Waals surface area contributed by atoms with Gasteiger partial charge in [0, 0.05) is 24.2 Å². The van der Waals surface area contributed by atoms with E-state index in [1.54, 1.807) is 0 Å². The van der Waals surface area contributed by atoms with Gasteiger partial charge in [-0.05, 0) is 52.7 Å². The van der Waals surface area contributed by atoms with Crippen LogP contribution in [0.15, 0.2) is 34.9 Å². The molecule has 4 rings (SSSR count). The number of halogens is 1. The molecule has 1 saturated carbocycles. The van der Waals surface area contributed by atoms with Crippen LogP contribution in [-0.4, -0.2) is 16.5 Å². The zero-order chi connectivity index (χ0) is 14.4. The Morgan fingerprint density at radius 2 is 2.00 bits per heavy atom. The highest BCUT2D eigenvalue weighted by atomic mass is 79.9. The molecule has 1 aliphatic heterocycles. The van der Waals surface area contributed by atoms with E-state index in [0.717, 1.165) is 29.2 Å². The first-order chi connectivity index (χ1) is 10.2. The molecule has 1 atom stereocenters. The van der Waals surface area contributed by atoms with Crippen molar-refractivity contribution in [1.82, 2.24) is 9.97 Å². The van der Waals surface area contributed by atoms with Crippen LogP contribution in [0.4, 0.5) is 11.5 Å². The maximum atomic E-state index is 4.84. The molecule has 108 valence electrons. The molecule has 1 aromatic carbocycles. The number of nitrogens with zero attached hydrogens (tertiary/aromatic N) is 3. The Balaban J connectivity index is 1.79. The van der Waals surface area contributed by atoms with Crippen LogP contribution in [0.25, 0.3) is 0 Å². The largest absolute Gasteiger partial charge is 0.326 e. The Kier molecular flexibility index (Phi) is 3.21. The molecule has 2 aromatic rings. The maximum Gasteiger partial charge on any atom is 0.137 e. The van der Waals surface area contributed by atoms with Gasteiger partial charge >= 0.3 is 0 Å². The second-order valence-corrected chi connectivity index (χ2v) is 7.04. The molecule has 1 aliphatic carbocycles. The number of anilines is 2. The molecular formula is C17H18BrN3. The van der Waals surface area contributed by atoms with Gasteiger partial charge in [-0.25, -0.2) is 9.97 Å². The maximum absolute atomic E-state index is 4.84. The van der Waals surface area contributed by atoms with Gasteiger partial charge in [0.2, 0.25) is 0 Å². The van der Waals surface area contributed by atoms with Crippen molar-refractivity contribution in [1.29, 1.82) is 0 Å². The van der Waals surface area contributed by atoms with Crippen LogP contribution < -0.4 is 4.90 Å². The molecule has 2 aliphatic rings. The molecule has 4 heteroatoms. The summed E-state index contributed by atoms with van der Waals surface area (Å²) in [5, 5.41) is 0. The highest BCUT2D eigenvalue weighted by molar-refractivity contribution is 9.10. The number of fused-ring (bicyclic) bond motifs is 1. The first kappa shape index (κ1) is 13.3. The number of hydrogen-bond acceptors (Lipinski definition) is 3. The molecule has 0 saturated heterocycles. The van der Waals surface area contributed by atoms with Crippen LogP contribution in [0.1, 0.15) is 37.1 Å². The van der Waals surface area contributed by atoms with E-state index in [1.807, 2.05) is 6.07 Å². The third-order valence-corrected chi connectivity index (χ3v) is 4.67. The van der Waals surface area contributed by atoms with Crippen molar-refractivity contribution < 1.29 is 0 Å². The molecule has 0 amide bonds. The van der Waals surface area contributed by atoms with E-state index in [0.29, 0.717) is 11.8 Å². The van der Waals surface area contributed by atoms with Crippen molar-refractivity contribution in [2.75, 3.05) is 11.4 Å². The molecule has 0 bridgehead atoms. The Morgan fingerprint density at radius 3 is 2.81 bits per heavy atom. The summed E-state index contributed by atoms with van der Waals surface area (Å²) in [5.74, 6) is 3.23. The summed E-state index contributed by atoms with van der Waals surface area (Å²) in [6, 6.07) is 10.7. The van der Waals surface area contributed by atoms with Gasteiger partial charge in [0.05, 0.1) is 0 Å². The first-order valence-corrected chi connectivity index (χ1v) is 8.40. The monoisotopic (exact) mass is 343 g/mol. The smallest absolute Gasteiger partial charge is 0.137 e. The lowest BCUT2D eigenvalue weighted by atomic mass is 9.94. The van der Waals surface area contributed by atoms with Gasteiger partial charge in [0.25, 0.3) is 0 Å². The lowest BCUT2D eigenvalue weighted by molar-refractivity contribution is 0.559. The van der Waals surface area contributed by atoms with Crippen LogP contribution in [0.2, 0.25) is 0 Å². The van der Waals surface area contributed by atoms with Gasteiger partial charge in [-0.2, -0.15) is 0 Å². The summed E-state index contributed by atoms with van der Waals surface area (Å²) in [4.78, 5) is 11.7. The summed E-state index contributed by atoms with van der Waals surface area (Å²) < 4.78 is 0.894. The fourth-order valence-corrected chi connectivity index (χ4v) is 3.49. The molecule has 1 unspecified atom stereocenters. The summed E-state index contributed by atoms with van der Waals surface area (Å²) in [7, 11) is 0. The predicted octanol–water partition coefficient (Wildman–Crippen LogP) is 4.45. The number of para-hydroxylation sites is 1. The summed E-state index contributed by atoms with van der Waals surface area (Å²) in [6.07, 6.45) is 3.60. The lowest BCUT2D eigenvalue weighted by Crippen LogP contribution is -2.31. The number of rotatable bonds is 2. The topological polar surface area (TPSA) is 29.0 Å². The summed E-state index contributed by atoms with van der Waals surface area (Å²) >= 11 is 3.55. The van der Waals surface area contributed by atoms with Gasteiger partial charge in [0.15, 0.2) is 0 Å². The van der Waals surface area contributed by atoms with Crippen LogP contribution in [0, 0.1) is 5.92 Å². The molecule has 1 aromatic heterocycles. The van der Waals surface area contributed by atoms with Crippen LogP contribution in [-0.2, 0) is 6.42 Å². The zero-order valence-electron chi connectivity index (χ0n) is 12.1. The third-order valence-electron chi connectivity index (χ3n) is 4.26. The second kappa shape index (κ2) is 5.09. The Morgan fingerprint density at radius 1 is 1.19 bits per heavy atom. The average molecular weight is 344 g/mol. The molecule has 0 spiro atoms. The molecule has 0 N–H and O–H groups in total. The van der Waals surface area contributed by atoms with E-state index in [-0.39, 0.29) is 0 Å². The zero-order valence-corrected chi connectivity index (χ0v) is 13.7. The third kappa shape index (κ3) is 2.57. The van der Waals surface area contributed by atoms with E-state index < -0.39 is 0 Å². The number of benzene rings is 1. The number of aromatic nitrogens is 2. The van der Waals surface area contributed by atoms with Crippen molar-refractivity contribution in [2.24, 2.45) is 5.92 Å². The fourth-order valence-electron chi connectivity index (χ4n) is 3.10. The fraction of sp³-hybridized carbons (Fsp3) is 0.412. The van der Waals surface area contributed by atoms with Crippen molar-refractivity contribution in [3.05, 3.63) is 46.3 Å². The molecule has 1 fully saturated rings.